The highest BCUT2D eigenvalue weighted by Crippen LogP contribution is 2.26. The molecule has 2 rings (SSSR count). The zero-order valence-corrected chi connectivity index (χ0v) is 14.4. The maximum absolute atomic E-state index is 12.4. The van der Waals surface area contributed by atoms with E-state index < -0.39 is 10.0 Å². The van der Waals surface area contributed by atoms with Gasteiger partial charge >= 0.3 is 0 Å². The Hall–Kier alpha value is -1.08. The number of hydrogen-bond acceptors (Lipinski definition) is 3. The lowest BCUT2D eigenvalue weighted by atomic mass is 10.2. The molecule has 0 atom stereocenters. The number of halogens is 2. The number of hydrogen-bond donors (Lipinski definition) is 2. The van der Waals surface area contributed by atoms with Crippen LogP contribution in [0.3, 0.4) is 0 Å². The smallest absolute Gasteiger partial charge is 0.241 e. The molecule has 0 saturated carbocycles. The van der Waals surface area contributed by atoms with Crippen molar-refractivity contribution in [2.75, 3.05) is 5.73 Å². The van der Waals surface area contributed by atoms with Crippen LogP contribution >= 0.6 is 27.5 Å². The van der Waals surface area contributed by atoms with Gasteiger partial charge in [-0.2, -0.15) is 0 Å². The number of nitrogen functional groups attached to an aromatic ring is 1. The van der Waals surface area contributed by atoms with Crippen LogP contribution < -0.4 is 10.5 Å². The minimum absolute atomic E-state index is 0.161. The zero-order chi connectivity index (χ0) is 15.6. The highest BCUT2D eigenvalue weighted by atomic mass is 79.9. The van der Waals surface area contributed by atoms with E-state index in [-0.39, 0.29) is 11.4 Å². The first-order valence-electron chi connectivity index (χ1n) is 6.09. The molecule has 0 aliphatic heterocycles. The quantitative estimate of drug-likeness (QED) is 0.786. The summed E-state index contributed by atoms with van der Waals surface area (Å²) >= 11 is 9.13. The number of benzene rings is 2. The summed E-state index contributed by atoms with van der Waals surface area (Å²) in [5.74, 6) is 0. The number of anilines is 1. The Kier molecular flexibility index (Phi) is 4.93. The lowest BCUT2D eigenvalue weighted by Gasteiger charge is -2.12. The minimum Gasteiger partial charge on any atom is -0.398 e. The van der Waals surface area contributed by atoms with Crippen LogP contribution in [0, 0.1) is 6.92 Å². The summed E-state index contributed by atoms with van der Waals surface area (Å²) < 4.78 is 28.0. The van der Waals surface area contributed by atoms with Crippen molar-refractivity contribution in [2.45, 2.75) is 18.4 Å². The van der Waals surface area contributed by atoms with Crippen LogP contribution in [0.4, 0.5) is 5.69 Å². The molecule has 0 fully saturated rings. The number of nitrogens with two attached hydrogens (primary N) is 1. The molecule has 7 heteroatoms. The van der Waals surface area contributed by atoms with Crippen LogP contribution in [0.1, 0.15) is 11.1 Å². The van der Waals surface area contributed by atoms with Crippen molar-refractivity contribution in [2.24, 2.45) is 0 Å². The van der Waals surface area contributed by atoms with Gasteiger partial charge in [0.15, 0.2) is 0 Å². The van der Waals surface area contributed by atoms with Gasteiger partial charge in [-0.15, -0.1) is 0 Å². The maximum atomic E-state index is 12.4. The molecule has 3 N–H and O–H groups in total. The molecule has 21 heavy (non-hydrogen) atoms. The highest BCUT2D eigenvalue weighted by Gasteiger charge is 2.18. The molecule has 0 aliphatic carbocycles. The summed E-state index contributed by atoms with van der Waals surface area (Å²) in [4.78, 5) is 0.163. The van der Waals surface area contributed by atoms with Gasteiger partial charge < -0.3 is 5.73 Å². The van der Waals surface area contributed by atoms with Crippen LogP contribution in [0.2, 0.25) is 5.02 Å². The Morgan fingerprint density at radius 1 is 1.29 bits per heavy atom. The largest absolute Gasteiger partial charge is 0.398 e. The molecular formula is C14H14BrClN2O2S. The molecule has 2 aromatic rings. The van der Waals surface area contributed by atoms with Gasteiger partial charge in [-0.1, -0.05) is 39.7 Å². The second-order valence-electron chi connectivity index (χ2n) is 4.57. The normalized spacial score (nSPS) is 11.6. The number of sulfonamides is 1. The van der Waals surface area contributed by atoms with E-state index in [1.807, 2.05) is 0 Å². The molecule has 0 bridgehead atoms. The maximum Gasteiger partial charge on any atom is 0.241 e. The molecular weight excluding hydrogens is 376 g/mol. The minimum atomic E-state index is -3.65. The first-order chi connectivity index (χ1) is 9.79. The third-order valence-corrected chi connectivity index (χ3v) is 5.23. The lowest BCUT2D eigenvalue weighted by molar-refractivity contribution is 0.580. The third kappa shape index (κ3) is 3.97. The van der Waals surface area contributed by atoms with Gasteiger partial charge in [0.2, 0.25) is 10.0 Å². The predicted octanol–water partition coefficient (Wildman–Crippen LogP) is 3.47. The molecule has 0 aliphatic rings. The molecule has 4 nitrogen and oxygen atoms in total. The van der Waals surface area contributed by atoms with Crippen molar-refractivity contribution in [1.82, 2.24) is 4.72 Å². The topological polar surface area (TPSA) is 72.2 Å². The summed E-state index contributed by atoms with van der Waals surface area (Å²) in [6.45, 7) is 1.84. The summed E-state index contributed by atoms with van der Waals surface area (Å²) in [7, 11) is -3.65. The van der Waals surface area contributed by atoms with Gasteiger partial charge in [0.05, 0.1) is 4.90 Å². The monoisotopic (exact) mass is 388 g/mol. The van der Waals surface area contributed by atoms with E-state index in [0.29, 0.717) is 20.7 Å². The molecule has 0 spiro atoms. The SMILES string of the molecule is Cc1c(N)cc(Br)cc1S(=O)(=O)NCc1cccc(Cl)c1. The number of rotatable bonds is 4. The van der Waals surface area contributed by atoms with Crippen molar-refractivity contribution >= 4 is 43.2 Å². The molecule has 0 saturated heterocycles. The van der Waals surface area contributed by atoms with Crippen molar-refractivity contribution in [3.63, 3.8) is 0 Å². The van der Waals surface area contributed by atoms with Crippen molar-refractivity contribution < 1.29 is 8.42 Å². The van der Waals surface area contributed by atoms with Gasteiger partial charge in [0.25, 0.3) is 0 Å². The van der Waals surface area contributed by atoms with Crippen molar-refractivity contribution in [3.8, 4) is 0 Å². The van der Waals surface area contributed by atoms with Crippen LogP contribution in [0.25, 0.3) is 0 Å². The molecule has 0 unspecified atom stereocenters. The second-order valence-corrected chi connectivity index (χ2v) is 7.66. The van der Waals surface area contributed by atoms with Crippen LogP contribution in [-0.4, -0.2) is 8.42 Å². The zero-order valence-electron chi connectivity index (χ0n) is 11.2. The first kappa shape index (κ1) is 16.3. The van der Waals surface area contributed by atoms with E-state index in [1.54, 1.807) is 37.3 Å². The van der Waals surface area contributed by atoms with Gasteiger partial charge in [0, 0.05) is 21.7 Å². The van der Waals surface area contributed by atoms with E-state index in [2.05, 4.69) is 20.7 Å². The molecule has 112 valence electrons. The lowest BCUT2D eigenvalue weighted by Crippen LogP contribution is -2.24. The van der Waals surface area contributed by atoms with E-state index in [1.165, 1.54) is 6.07 Å². The van der Waals surface area contributed by atoms with Gasteiger partial charge in [0.1, 0.15) is 0 Å². The van der Waals surface area contributed by atoms with E-state index in [9.17, 15) is 8.42 Å². The van der Waals surface area contributed by atoms with Crippen LogP contribution in [0.5, 0.6) is 0 Å². The summed E-state index contributed by atoms with van der Waals surface area (Å²) in [6, 6.07) is 10.2. The van der Waals surface area contributed by atoms with Crippen LogP contribution in [-0.2, 0) is 16.6 Å². The standard InChI is InChI=1S/C14H14BrClN2O2S/c1-9-13(17)6-11(15)7-14(9)21(19,20)18-8-10-3-2-4-12(16)5-10/h2-7,18H,8,17H2,1H3. The molecule has 0 radical (unpaired) electrons. The van der Waals surface area contributed by atoms with Crippen molar-refractivity contribution in [1.29, 1.82) is 0 Å². The fraction of sp³-hybridized carbons (Fsp3) is 0.143. The Bertz CT molecular complexity index is 779. The fourth-order valence-electron chi connectivity index (χ4n) is 1.86. The third-order valence-electron chi connectivity index (χ3n) is 3.01. The summed E-state index contributed by atoms with van der Waals surface area (Å²) in [5, 5.41) is 0.564. The Labute approximate surface area is 137 Å². The molecule has 0 amide bonds. The Morgan fingerprint density at radius 3 is 2.67 bits per heavy atom. The Balaban J connectivity index is 2.27. The molecule has 0 heterocycles. The Morgan fingerprint density at radius 2 is 2.00 bits per heavy atom. The summed E-state index contributed by atoms with van der Waals surface area (Å²) in [6.07, 6.45) is 0. The fourth-order valence-corrected chi connectivity index (χ4v) is 4.01. The predicted molar refractivity (Wildman–Crippen MR) is 88.8 cm³/mol. The van der Waals surface area contributed by atoms with Gasteiger partial charge in [-0.25, -0.2) is 13.1 Å². The highest BCUT2D eigenvalue weighted by molar-refractivity contribution is 9.10. The van der Waals surface area contributed by atoms with E-state index >= 15 is 0 Å². The van der Waals surface area contributed by atoms with E-state index in [0.717, 1.165) is 5.56 Å². The molecule has 2 aromatic carbocycles. The van der Waals surface area contributed by atoms with Crippen LogP contribution in [0.15, 0.2) is 45.8 Å². The van der Waals surface area contributed by atoms with Gasteiger partial charge in [-0.05, 0) is 42.3 Å². The average Bonchev–Trinajstić information content (AvgIpc) is 2.41. The number of nitrogens with one attached hydrogen (secondary N) is 1. The first-order valence-corrected chi connectivity index (χ1v) is 8.75. The molecule has 0 aromatic heterocycles. The average molecular weight is 390 g/mol. The second kappa shape index (κ2) is 6.36. The van der Waals surface area contributed by atoms with E-state index in [4.69, 9.17) is 17.3 Å². The van der Waals surface area contributed by atoms with Crippen molar-refractivity contribution in [3.05, 3.63) is 57.0 Å². The van der Waals surface area contributed by atoms with Gasteiger partial charge in [-0.3, -0.25) is 0 Å². The summed E-state index contributed by atoms with van der Waals surface area (Å²) in [5.41, 5.74) is 7.54.